The number of aromatic nitrogens is 3. The Bertz CT molecular complexity index is 621. The molecule has 0 aliphatic rings. The lowest BCUT2D eigenvalue weighted by Crippen LogP contribution is -2.07. The molecule has 0 unspecified atom stereocenters. The molecule has 7 heteroatoms. The Labute approximate surface area is 110 Å². The fourth-order valence-electron chi connectivity index (χ4n) is 1.88. The van der Waals surface area contributed by atoms with Crippen molar-refractivity contribution in [2.45, 2.75) is 20.4 Å². The van der Waals surface area contributed by atoms with E-state index in [-0.39, 0.29) is 10.6 Å². The van der Waals surface area contributed by atoms with E-state index >= 15 is 0 Å². The highest BCUT2D eigenvalue weighted by Crippen LogP contribution is 2.26. The van der Waals surface area contributed by atoms with Gasteiger partial charge in [0.1, 0.15) is 0 Å². The third kappa shape index (κ3) is 2.70. The molecule has 1 aromatic heterocycles. The van der Waals surface area contributed by atoms with Crippen LogP contribution in [0.2, 0.25) is 0 Å². The van der Waals surface area contributed by atoms with E-state index in [4.69, 9.17) is 0 Å². The van der Waals surface area contributed by atoms with Crippen LogP contribution in [-0.4, -0.2) is 19.9 Å². The fourth-order valence-corrected chi connectivity index (χ4v) is 1.88. The van der Waals surface area contributed by atoms with Crippen molar-refractivity contribution in [3.8, 4) is 0 Å². The number of rotatable bonds is 4. The van der Waals surface area contributed by atoms with Crippen molar-refractivity contribution in [3.05, 3.63) is 45.3 Å². The van der Waals surface area contributed by atoms with Gasteiger partial charge in [-0.25, -0.2) is 0 Å². The molecular formula is C12H15N5O2. The summed E-state index contributed by atoms with van der Waals surface area (Å²) in [7, 11) is 1.80. The van der Waals surface area contributed by atoms with E-state index in [2.05, 4.69) is 15.6 Å². The van der Waals surface area contributed by atoms with E-state index in [0.29, 0.717) is 12.1 Å². The van der Waals surface area contributed by atoms with E-state index < -0.39 is 0 Å². The van der Waals surface area contributed by atoms with Crippen LogP contribution in [0.5, 0.6) is 0 Å². The number of benzene rings is 1. The molecule has 19 heavy (non-hydrogen) atoms. The third-order valence-electron chi connectivity index (χ3n) is 3.01. The molecule has 1 heterocycles. The van der Waals surface area contributed by atoms with Crippen LogP contribution in [0.1, 0.15) is 16.8 Å². The SMILES string of the molecule is Cc1cc(C)c([N+](=O)[O-])cc1NCc1cnnn1C. The average molecular weight is 261 g/mol. The molecule has 7 nitrogen and oxygen atoms in total. The predicted molar refractivity (Wildman–Crippen MR) is 70.9 cm³/mol. The first kappa shape index (κ1) is 13.0. The second-order valence-electron chi connectivity index (χ2n) is 4.41. The summed E-state index contributed by atoms with van der Waals surface area (Å²) >= 11 is 0. The molecule has 0 saturated heterocycles. The smallest absolute Gasteiger partial charge is 0.274 e. The van der Waals surface area contributed by atoms with E-state index in [1.165, 1.54) is 0 Å². The van der Waals surface area contributed by atoms with Crippen LogP contribution < -0.4 is 5.32 Å². The summed E-state index contributed by atoms with van der Waals surface area (Å²) < 4.78 is 1.66. The summed E-state index contributed by atoms with van der Waals surface area (Å²) in [4.78, 5) is 10.6. The summed E-state index contributed by atoms with van der Waals surface area (Å²) in [5.41, 5.74) is 3.41. The average Bonchev–Trinajstić information content (AvgIpc) is 2.73. The zero-order chi connectivity index (χ0) is 14.0. The minimum Gasteiger partial charge on any atom is -0.379 e. The van der Waals surface area contributed by atoms with E-state index in [0.717, 1.165) is 16.9 Å². The van der Waals surface area contributed by atoms with Gasteiger partial charge in [-0.3, -0.25) is 14.8 Å². The highest BCUT2D eigenvalue weighted by molar-refractivity contribution is 5.60. The number of hydrogen-bond donors (Lipinski definition) is 1. The lowest BCUT2D eigenvalue weighted by Gasteiger charge is -2.10. The second-order valence-corrected chi connectivity index (χ2v) is 4.41. The van der Waals surface area contributed by atoms with Gasteiger partial charge in [-0.15, -0.1) is 5.10 Å². The number of hydrogen-bond acceptors (Lipinski definition) is 5. The zero-order valence-corrected chi connectivity index (χ0v) is 11.0. The molecular weight excluding hydrogens is 246 g/mol. The molecule has 0 amide bonds. The summed E-state index contributed by atoms with van der Waals surface area (Å²) in [6.07, 6.45) is 1.66. The first-order chi connectivity index (χ1) is 8.99. The van der Waals surface area contributed by atoms with Crippen LogP contribution in [-0.2, 0) is 13.6 Å². The molecule has 2 rings (SSSR count). The maximum absolute atomic E-state index is 10.9. The minimum atomic E-state index is -0.369. The van der Waals surface area contributed by atoms with Gasteiger partial charge >= 0.3 is 0 Å². The van der Waals surface area contributed by atoms with Crippen molar-refractivity contribution in [1.29, 1.82) is 0 Å². The van der Waals surface area contributed by atoms with Crippen molar-refractivity contribution in [2.24, 2.45) is 7.05 Å². The van der Waals surface area contributed by atoms with Gasteiger partial charge in [0, 0.05) is 24.4 Å². The molecule has 0 atom stereocenters. The summed E-state index contributed by atoms with van der Waals surface area (Å²) in [6.45, 7) is 4.17. The lowest BCUT2D eigenvalue weighted by molar-refractivity contribution is -0.385. The van der Waals surface area contributed by atoms with Crippen LogP contribution in [0.25, 0.3) is 0 Å². The number of nitrogens with zero attached hydrogens (tertiary/aromatic N) is 4. The van der Waals surface area contributed by atoms with Crippen molar-refractivity contribution >= 4 is 11.4 Å². The Morgan fingerprint density at radius 2 is 2.11 bits per heavy atom. The highest BCUT2D eigenvalue weighted by atomic mass is 16.6. The van der Waals surface area contributed by atoms with Gasteiger partial charge in [0.2, 0.25) is 0 Å². The third-order valence-corrected chi connectivity index (χ3v) is 3.01. The minimum absolute atomic E-state index is 0.122. The number of anilines is 1. The molecule has 2 aromatic rings. The van der Waals surface area contributed by atoms with Gasteiger partial charge in [-0.05, 0) is 25.5 Å². The van der Waals surface area contributed by atoms with Crippen LogP contribution >= 0.6 is 0 Å². The monoisotopic (exact) mass is 261 g/mol. The Kier molecular flexibility index (Phi) is 3.46. The standard InChI is InChI=1S/C12H15N5O2/c1-8-4-9(2)12(17(18)19)5-11(8)13-6-10-7-14-15-16(10)3/h4-5,7,13H,6H2,1-3H3. The van der Waals surface area contributed by atoms with E-state index in [1.54, 1.807) is 30.9 Å². The fraction of sp³-hybridized carbons (Fsp3) is 0.333. The van der Waals surface area contributed by atoms with Gasteiger partial charge in [0.05, 0.1) is 23.4 Å². The molecule has 0 fully saturated rings. The summed E-state index contributed by atoms with van der Waals surface area (Å²) in [5, 5.41) is 21.7. The second kappa shape index (κ2) is 5.05. The van der Waals surface area contributed by atoms with E-state index in [1.807, 2.05) is 13.0 Å². The molecule has 0 spiro atoms. The largest absolute Gasteiger partial charge is 0.379 e. The molecule has 0 radical (unpaired) electrons. The number of nitrogens with one attached hydrogen (secondary N) is 1. The first-order valence-corrected chi connectivity index (χ1v) is 5.82. The van der Waals surface area contributed by atoms with Gasteiger partial charge < -0.3 is 5.32 Å². The van der Waals surface area contributed by atoms with Gasteiger partial charge in [-0.2, -0.15) is 0 Å². The predicted octanol–water partition coefficient (Wildman–Crippen LogP) is 1.95. The molecule has 1 N–H and O–H groups in total. The van der Waals surface area contributed by atoms with Crippen molar-refractivity contribution in [2.75, 3.05) is 5.32 Å². The van der Waals surface area contributed by atoms with Gasteiger partial charge in [0.15, 0.2) is 0 Å². The highest BCUT2D eigenvalue weighted by Gasteiger charge is 2.13. The maximum atomic E-state index is 10.9. The van der Waals surface area contributed by atoms with Crippen molar-refractivity contribution in [3.63, 3.8) is 0 Å². The zero-order valence-electron chi connectivity index (χ0n) is 11.0. The molecule has 0 aliphatic heterocycles. The normalized spacial score (nSPS) is 10.5. The number of nitro benzene ring substituents is 1. The maximum Gasteiger partial charge on any atom is 0.274 e. The lowest BCUT2D eigenvalue weighted by atomic mass is 10.1. The van der Waals surface area contributed by atoms with Gasteiger partial charge in [0.25, 0.3) is 5.69 Å². The molecule has 0 aliphatic carbocycles. The van der Waals surface area contributed by atoms with Crippen molar-refractivity contribution in [1.82, 2.24) is 15.0 Å². The quantitative estimate of drug-likeness (QED) is 0.671. The molecule has 1 aromatic carbocycles. The number of aryl methyl sites for hydroxylation is 3. The Morgan fingerprint density at radius 3 is 2.68 bits per heavy atom. The molecule has 100 valence electrons. The van der Waals surface area contributed by atoms with Crippen LogP contribution in [0, 0.1) is 24.0 Å². The first-order valence-electron chi connectivity index (χ1n) is 5.82. The molecule has 0 bridgehead atoms. The summed E-state index contributed by atoms with van der Waals surface area (Å²) in [6, 6.07) is 3.37. The number of nitro groups is 1. The Balaban J connectivity index is 2.23. The van der Waals surface area contributed by atoms with Gasteiger partial charge in [-0.1, -0.05) is 5.21 Å². The van der Waals surface area contributed by atoms with E-state index in [9.17, 15) is 10.1 Å². The van der Waals surface area contributed by atoms with Crippen LogP contribution in [0.4, 0.5) is 11.4 Å². The van der Waals surface area contributed by atoms with Crippen molar-refractivity contribution < 1.29 is 4.92 Å². The van der Waals surface area contributed by atoms with Crippen LogP contribution in [0.3, 0.4) is 0 Å². The topological polar surface area (TPSA) is 85.9 Å². The van der Waals surface area contributed by atoms with Crippen LogP contribution in [0.15, 0.2) is 18.3 Å². The summed E-state index contributed by atoms with van der Waals surface area (Å²) in [5.74, 6) is 0. The Hall–Kier alpha value is -2.44. The Morgan fingerprint density at radius 1 is 1.37 bits per heavy atom. The molecule has 0 saturated carbocycles.